The van der Waals surface area contributed by atoms with E-state index in [0.717, 1.165) is 5.56 Å². The van der Waals surface area contributed by atoms with Gasteiger partial charge in [0, 0.05) is 12.8 Å². The molecule has 1 saturated heterocycles. The van der Waals surface area contributed by atoms with Gasteiger partial charge >= 0.3 is 0 Å². The Bertz CT molecular complexity index is 628. The highest BCUT2D eigenvalue weighted by molar-refractivity contribution is 7.80. The van der Waals surface area contributed by atoms with Crippen molar-refractivity contribution in [1.82, 2.24) is 10.2 Å². The van der Waals surface area contributed by atoms with Crippen LogP contribution in [0.2, 0.25) is 0 Å². The summed E-state index contributed by atoms with van der Waals surface area (Å²) in [6.45, 7) is 5.75. The maximum Gasteiger partial charge on any atom is 0.247 e. The van der Waals surface area contributed by atoms with Crippen molar-refractivity contribution in [2.24, 2.45) is 10.9 Å². The minimum Gasteiger partial charge on any atom is -0.302 e. The van der Waals surface area contributed by atoms with E-state index in [2.05, 4.69) is 16.9 Å². The van der Waals surface area contributed by atoms with Crippen LogP contribution in [0, 0.1) is 5.92 Å². The van der Waals surface area contributed by atoms with E-state index in [1.807, 2.05) is 37.3 Å². The molecule has 1 aromatic carbocycles. The Kier molecular flexibility index (Phi) is 5.16. The third-order valence-corrected chi connectivity index (χ3v) is 3.66. The molecule has 1 aromatic rings. The lowest BCUT2D eigenvalue weighted by atomic mass is 10.1. The molecular formula is C16H17N3O2S. The van der Waals surface area contributed by atoms with Crippen molar-refractivity contribution < 1.29 is 9.59 Å². The summed E-state index contributed by atoms with van der Waals surface area (Å²) < 4.78 is 0. The number of hydrogen-bond donors (Lipinski definition) is 1. The fourth-order valence-corrected chi connectivity index (χ4v) is 2.36. The number of benzene rings is 1. The van der Waals surface area contributed by atoms with Crippen LogP contribution >= 0.6 is 12.2 Å². The molecular weight excluding hydrogens is 298 g/mol. The molecule has 1 heterocycles. The van der Waals surface area contributed by atoms with Crippen LogP contribution in [0.4, 0.5) is 0 Å². The van der Waals surface area contributed by atoms with Crippen LogP contribution in [0.15, 0.2) is 48.0 Å². The van der Waals surface area contributed by atoms with Gasteiger partial charge in [0.05, 0.1) is 6.04 Å². The van der Waals surface area contributed by atoms with Crippen molar-refractivity contribution in [2.45, 2.75) is 13.0 Å². The normalized spacial score (nSPS) is 20.1. The van der Waals surface area contributed by atoms with Crippen LogP contribution in [0.1, 0.15) is 18.5 Å². The fourth-order valence-electron chi connectivity index (χ4n) is 2.10. The lowest BCUT2D eigenvalue weighted by molar-refractivity contribution is -0.137. The van der Waals surface area contributed by atoms with Gasteiger partial charge < -0.3 is 5.32 Å². The first kappa shape index (κ1) is 16.0. The zero-order chi connectivity index (χ0) is 16.1. The predicted octanol–water partition coefficient (Wildman–Crippen LogP) is 1.86. The largest absolute Gasteiger partial charge is 0.302 e. The van der Waals surface area contributed by atoms with Gasteiger partial charge in [-0.1, -0.05) is 36.4 Å². The summed E-state index contributed by atoms with van der Waals surface area (Å²) in [4.78, 5) is 29.9. The molecule has 2 rings (SSSR count). The second kappa shape index (κ2) is 7.09. The molecule has 0 spiro atoms. The number of aliphatic imine (C=N–C) groups is 1. The van der Waals surface area contributed by atoms with Crippen molar-refractivity contribution >= 4 is 35.4 Å². The average molecular weight is 315 g/mol. The monoisotopic (exact) mass is 315 g/mol. The highest BCUT2D eigenvalue weighted by Gasteiger charge is 2.36. The van der Waals surface area contributed by atoms with Gasteiger partial charge in [0.1, 0.15) is 0 Å². The van der Waals surface area contributed by atoms with Gasteiger partial charge in [0.2, 0.25) is 11.8 Å². The van der Waals surface area contributed by atoms with E-state index in [1.54, 1.807) is 6.08 Å². The van der Waals surface area contributed by atoms with E-state index < -0.39 is 11.8 Å². The Morgan fingerprint density at radius 3 is 2.73 bits per heavy atom. The maximum absolute atomic E-state index is 12.3. The lowest BCUT2D eigenvalue weighted by Crippen LogP contribution is -2.58. The van der Waals surface area contributed by atoms with Gasteiger partial charge in [0.15, 0.2) is 11.0 Å². The summed E-state index contributed by atoms with van der Waals surface area (Å²) in [6, 6.07) is 9.53. The molecule has 1 aliphatic rings. The molecule has 1 N–H and O–H groups in total. The van der Waals surface area contributed by atoms with E-state index in [-0.39, 0.29) is 23.6 Å². The number of rotatable bonds is 5. The van der Waals surface area contributed by atoms with Crippen LogP contribution in [-0.4, -0.2) is 34.6 Å². The molecule has 1 unspecified atom stereocenters. The van der Waals surface area contributed by atoms with Gasteiger partial charge in [-0.3, -0.25) is 19.5 Å². The van der Waals surface area contributed by atoms with E-state index in [9.17, 15) is 9.59 Å². The van der Waals surface area contributed by atoms with Crippen LogP contribution in [0.5, 0.6) is 0 Å². The highest BCUT2D eigenvalue weighted by Crippen LogP contribution is 2.17. The topological polar surface area (TPSA) is 61.8 Å². The number of carbonyl (C=O) groups is 2. The summed E-state index contributed by atoms with van der Waals surface area (Å²) in [6.07, 6.45) is 2.95. The molecule has 5 nitrogen and oxygen atoms in total. The van der Waals surface area contributed by atoms with Gasteiger partial charge in [-0.05, 0) is 24.7 Å². The smallest absolute Gasteiger partial charge is 0.247 e. The molecule has 22 heavy (non-hydrogen) atoms. The van der Waals surface area contributed by atoms with Crippen molar-refractivity contribution in [1.29, 1.82) is 0 Å². The van der Waals surface area contributed by atoms with E-state index in [1.165, 1.54) is 11.1 Å². The molecule has 0 bridgehead atoms. The Balaban J connectivity index is 2.15. The quantitative estimate of drug-likeness (QED) is 0.390. The zero-order valence-corrected chi connectivity index (χ0v) is 13.0. The van der Waals surface area contributed by atoms with Crippen molar-refractivity contribution in [2.75, 3.05) is 6.54 Å². The third-order valence-electron chi connectivity index (χ3n) is 3.34. The fraction of sp³-hybridized carbons (Fsp3) is 0.250. The number of hydrogen-bond acceptors (Lipinski definition) is 4. The number of carbonyl (C=O) groups excluding carboxylic acids is 2. The Hall–Kier alpha value is -2.34. The number of nitrogens with zero attached hydrogens (tertiary/aromatic N) is 2. The van der Waals surface area contributed by atoms with E-state index >= 15 is 0 Å². The van der Waals surface area contributed by atoms with Crippen molar-refractivity contribution in [3.63, 3.8) is 0 Å². The summed E-state index contributed by atoms with van der Waals surface area (Å²) in [5, 5.41) is 2.62. The number of amides is 2. The molecule has 0 aliphatic carbocycles. The van der Waals surface area contributed by atoms with Crippen LogP contribution < -0.4 is 5.32 Å². The molecule has 2 amide bonds. The SMILES string of the molecule is C=CCN1C(=O)C(C=N[C@H](C)c2ccccc2)C(=O)NC1=S. The second-order valence-corrected chi connectivity index (χ2v) is 5.28. The van der Waals surface area contributed by atoms with Crippen LogP contribution in [-0.2, 0) is 9.59 Å². The minimum absolute atomic E-state index is 0.107. The van der Waals surface area contributed by atoms with Crippen LogP contribution in [0.25, 0.3) is 0 Å². The molecule has 2 atom stereocenters. The predicted molar refractivity (Wildman–Crippen MR) is 89.5 cm³/mol. The van der Waals surface area contributed by atoms with Gasteiger partial charge in [-0.15, -0.1) is 6.58 Å². The molecule has 1 fully saturated rings. The summed E-state index contributed by atoms with van der Waals surface area (Å²) in [7, 11) is 0. The van der Waals surface area contributed by atoms with E-state index in [0.29, 0.717) is 0 Å². The van der Waals surface area contributed by atoms with Crippen molar-refractivity contribution in [3.8, 4) is 0 Å². The maximum atomic E-state index is 12.3. The first-order valence-corrected chi connectivity index (χ1v) is 7.30. The molecule has 0 radical (unpaired) electrons. The first-order chi connectivity index (χ1) is 10.5. The Morgan fingerprint density at radius 2 is 2.09 bits per heavy atom. The summed E-state index contributed by atoms with van der Waals surface area (Å²) in [5.41, 5.74) is 1.01. The van der Waals surface area contributed by atoms with Gasteiger partial charge in [-0.25, -0.2) is 0 Å². The Labute approximate surface area is 134 Å². The molecule has 0 saturated carbocycles. The molecule has 6 heteroatoms. The molecule has 114 valence electrons. The lowest BCUT2D eigenvalue weighted by Gasteiger charge is -2.30. The highest BCUT2D eigenvalue weighted by atomic mass is 32.1. The summed E-state index contributed by atoms with van der Waals surface area (Å²) >= 11 is 4.99. The van der Waals surface area contributed by atoms with E-state index in [4.69, 9.17) is 12.2 Å². The van der Waals surface area contributed by atoms with Gasteiger partial charge in [0.25, 0.3) is 0 Å². The number of nitrogens with one attached hydrogen (secondary N) is 1. The van der Waals surface area contributed by atoms with Crippen LogP contribution in [0.3, 0.4) is 0 Å². The Morgan fingerprint density at radius 1 is 1.41 bits per heavy atom. The second-order valence-electron chi connectivity index (χ2n) is 4.89. The molecule has 0 aromatic heterocycles. The van der Waals surface area contributed by atoms with Crippen molar-refractivity contribution in [3.05, 3.63) is 48.6 Å². The number of thiocarbonyl (C=S) groups is 1. The minimum atomic E-state index is -0.960. The third kappa shape index (κ3) is 3.46. The molecule has 1 aliphatic heterocycles. The average Bonchev–Trinajstić information content (AvgIpc) is 2.51. The standard InChI is InChI=1S/C16H17N3O2S/c1-3-9-19-15(21)13(14(20)18-16(19)22)10-17-11(2)12-7-5-4-6-8-12/h3-8,10-11,13H,1,9H2,2H3,(H,18,20,22)/t11-,13?/m1/s1. The first-order valence-electron chi connectivity index (χ1n) is 6.90. The zero-order valence-electron chi connectivity index (χ0n) is 12.2. The summed E-state index contributed by atoms with van der Waals surface area (Å²) in [5.74, 6) is -1.78. The van der Waals surface area contributed by atoms with Gasteiger partial charge in [-0.2, -0.15) is 0 Å².